The van der Waals surface area contributed by atoms with E-state index in [0.717, 1.165) is 22.4 Å². The van der Waals surface area contributed by atoms with Crippen LogP contribution < -0.4 is 0 Å². The molecule has 0 amide bonds. The van der Waals surface area contributed by atoms with Crippen molar-refractivity contribution in [2.24, 2.45) is 0 Å². The maximum Gasteiger partial charge on any atom is 0.175 e. The summed E-state index contributed by atoms with van der Waals surface area (Å²) in [6.45, 7) is 3.88. The molecule has 28 heavy (non-hydrogen) atoms. The van der Waals surface area contributed by atoms with Gasteiger partial charge in [0.15, 0.2) is 15.6 Å². The van der Waals surface area contributed by atoms with Gasteiger partial charge in [0.25, 0.3) is 0 Å². The van der Waals surface area contributed by atoms with Crippen LogP contribution in [0.2, 0.25) is 0 Å². The maximum atomic E-state index is 13.0. The Morgan fingerprint density at radius 3 is 2.29 bits per heavy atom. The van der Waals surface area contributed by atoms with Crippen molar-refractivity contribution in [1.29, 1.82) is 0 Å². The summed E-state index contributed by atoms with van der Waals surface area (Å²) in [5.41, 5.74) is 4.52. The Morgan fingerprint density at radius 1 is 1.00 bits per heavy atom. The zero-order valence-corrected chi connectivity index (χ0v) is 17.0. The number of aryl methyl sites for hydroxylation is 2. The van der Waals surface area contributed by atoms with Crippen LogP contribution >= 0.6 is 0 Å². The summed E-state index contributed by atoms with van der Waals surface area (Å²) in [6.07, 6.45) is 3.13. The third-order valence-electron chi connectivity index (χ3n) is 4.88. The van der Waals surface area contributed by atoms with Crippen LogP contribution in [-0.4, -0.2) is 25.4 Å². The predicted molar refractivity (Wildman–Crippen MR) is 110 cm³/mol. The van der Waals surface area contributed by atoms with Crippen LogP contribution in [0, 0.1) is 13.8 Å². The molecule has 0 bridgehead atoms. The third kappa shape index (κ3) is 4.54. The Bertz CT molecular complexity index is 1100. The number of pyridine rings is 1. The van der Waals surface area contributed by atoms with Crippen molar-refractivity contribution in [3.63, 3.8) is 0 Å². The smallest absolute Gasteiger partial charge is 0.175 e. The van der Waals surface area contributed by atoms with Crippen molar-refractivity contribution in [3.8, 4) is 0 Å². The van der Waals surface area contributed by atoms with E-state index in [4.69, 9.17) is 0 Å². The highest BCUT2D eigenvalue weighted by Gasteiger charge is 2.21. The van der Waals surface area contributed by atoms with Crippen LogP contribution in [-0.2, 0) is 9.84 Å². The number of hydrogen-bond donors (Lipinski definition) is 0. The second-order valence-corrected chi connectivity index (χ2v) is 9.08. The first-order valence-corrected chi connectivity index (χ1v) is 11.0. The highest BCUT2D eigenvalue weighted by atomic mass is 32.2. The fraction of sp³-hybridized carbons (Fsp3) is 0.217. The maximum absolute atomic E-state index is 13.0. The van der Waals surface area contributed by atoms with Crippen LogP contribution in [0.5, 0.6) is 0 Å². The molecule has 0 unspecified atom stereocenters. The van der Waals surface area contributed by atoms with E-state index >= 15 is 0 Å². The lowest BCUT2D eigenvalue weighted by Gasteiger charge is -2.20. The molecule has 0 N–H and O–H groups in total. The molecule has 0 aliphatic carbocycles. The van der Waals surface area contributed by atoms with E-state index < -0.39 is 9.84 Å². The van der Waals surface area contributed by atoms with E-state index in [2.05, 4.69) is 4.98 Å². The molecule has 2 aromatic carbocycles. The van der Waals surface area contributed by atoms with E-state index in [-0.39, 0.29) is 16.6 Å². The molecule has 0 spiro atoms. The van der Waals surface area contributed by atoms with Crippen LogP contribution in [0.4, 0.5) is 0 Å². The molecule has 1 heterocycles. The Labute approximate surface area is 166 Å². The molecule has 0 aliphatic rings. The summed E-state index contributed by atoms with van der Waals surface area (Å²) in [7, 11) is -3.26. The number of Topliss-reactive ketones (excluding diaryl/α,β-unsaturated/α-hetero) is 1. The Morgan fingerprint density at radius 2 is 1.68 bits per heavy atom. The van der Waals surface area contributed by atoms with Crippen LogP contribution in [0.3, 0.4) is 0 Å². The lowest BCUT2D eigenvalue weighted by molar-refractivity contribution is 0.0977. The minimum absolute atomic E-state index is 0.0333. The minimum Gasteiger partial charge on any atom is -0.294 e. The Kier molecular flexibility index (Phi) is 5.75. The molecule has 0 saturated heterocycles. The molecule has 0 aliphatic heterocycles. The largest absolute Gasteiger partial charge is 0.294 e. The van der Waals surface area contributed by atoms with Crippen LogP contribution in [0.1, 0.15) is 45.1 Å². The van der Waals surface area contributed by atoms with Gasteiger partial charge in [0, 0.05) is 36.0 Å². The standard InChI is InChI=1S/C23H23NO3S/c1-16-6-4-5-7-21(16)22(15-23(25)19-12-13-24-17(2)14-19)18-8-10-20(11-9-18)28(3,26)27/h4-14,22H,15H2,1-3H3/t22-/m1/s1. The second-order valence-electron chi connectivity index (χ2n) is 7.06. The van der Waals surface area contributed by atoms with E-state index in [1.807, 2.05) is 38.1 Å². The number of rotatable bonds is 6. The summed E-state index contributed by atoms with van der Waals surface area (Å²) >= 11 is 0. The molecule has 1 atom stereocenters. The van der Waals surface area contributed by atoms with Gasteiger partial charge in [-0.3, -0.25) is 9.78 Å². The lowest BCUT2D eigenvalue weighted by atomic mass is 9.84. The van der Waals surface area contributed by atoms with Gasteiger partial charge in [-0.15, -0.1) is 0 Å². The summed E-state index contributed by atoms with van der Waals surface area (Å²) < 4.78 is 23.5. The molecule has 3 aromatic rings. The minimum atomic E-state index is -3.26. The summed E-state index contributed by atoms with van der Waals surface area (Å²) in [5, 5.41) is 0. The first kappa shape index (κ1) is 20.0. The van der Waals surface area contributed by atoms with Crippen molar-refractivity contribution in [2.75, 3.05) is 6.26 Å². The predicted octanol–water partition coefficient (Wildman–Crippen LogP) is 4.51. The first-order valence-electron chi connectivity index (χ1n) is 9.07. The monoisotopic (exact) mass is 393 g/mol. The van der Waals surface area contributed by atoms with Crippen LogP contribution in [0.15, 0.2) is 71.8 Å². The number of carbonyl (C=O) groups excluding carboxylic acids is 1. The normalized spacial score (nSPS) is 12.5. The van der Waals surface area contributed by atoms with Gasteiger partial charge in [0.2, 0.25) is 0 Å². The zero-order valence-electron chi connectivity index (χ0n) is 16.2. The van der Waals surface area contributed by atoms with Gasteiger partial charge in [-0.05, 0) is 54.8 Å². The SMILES string of the molecule is Cc1cc(C(=O)C[C@H](c2ccc(S(C)(=O)=O)cc2)c2ccccc2C)ccn1. The molecular weight excluding hydrogens is 370 g/mol. The van der Waals surface area contributed by atoms with Gasteiger partial charge in [-0.25, -0.2) is 8.42 Å². The number of ketones is 1. The van der Waals surface area contributed by atoms with Gasteiger partial charge in [-0.2, -0.15) is 0 Å². The molecule has 3 rings (SSSR count). The van der Waals surface area contributed by atoms with Crippen molar-refractivity contribution in [1.82, 2.24) is 4.98 Å². The fourth-order valence-electron chi connectivity index (χ4n) is 3.35. The quantitative estimate of drug-likeness (QED) is 0.578. The van der Waals surface area contributed by atoms with E-state index in [9.17, 15) is 13.2 Å². The summed E-state index contributed by atoms with van der Waals surface area (Å²) in [5.74, 6) is -0.123. The number of carbonyl (C=O) groups is 1. The molecule has 0 saturated carbocycles. The summed E-state index contributed by atoms with van der Waals surface area (Å²) in [4.78, 5) is 17.4. The Balaban J connectivity index is 2.01. The van der Waals surface area contributed by atoms with Gasteiger partial charge in [0.1, 0.15) is 0 Å². The summed E-state index contributed by atoms with van der Waals surface area (Å²) in [6, 6.07) is 18.3. The number of hydrogen-bond acceptors (Lipinski definition) is 4. The highest BCUT2D eigenvalue weighted by Crippen LogP contribution is 2.32. The number of aromatic nitrogens is 1. The zero-order chi connectivity index (χ0) is 20.3. The van der Waals surface area contributed by atoms with Gasteiger partial charge in [0.05, 0.1) is 4.90 Å². The third-order valence-corrected chi connectivity index (χ3v) is 6.01. The number of benzene rings is 2. The van der Waals surface area contributed by atoms with E-state index in [1.54, 1.807) is 42.6 Å². The molecular formula is C23H23NO3S. The number of nitrogens with zero attached hydrogens (tertiary/aromatic N) is 1. The van der Waals surface area contributed by atoms with Crippen molar-refractivity contribution in [3.05, 3.63) is 94.8 Å². The fourth-order valence-corrected chi connectivity index (χ4v) is 3.99. The lowest BCUT2D eigenvalue weighted by Crippen LogP contribution is -2.11. The van der Waals surface area contributed by atoms with Gasteiger partial charge < -0.3 is 0 Å². The number of sulfone groups is 1. The highest BCUT2D eigenvalue weighted by molar-refractivity contribution is 7.90. The molecule has 0 radical (unpaired) electrons. The van der Waals surface area contributed by atoms with Crippen molar-refractivity contribution < 1.29 is 13.2 Å². The molecule has 5 heteroatoms. The van der Waals surface area contributed by atoms with Crippen molar-refractivity contribution in [2.45, 2.75) is 31.1 Å². The molecule has 0 fully saturated rings. The molecule has 4 nitrogen and oxygen atoms in total. The van der Waals surface area contributed by atoms with Gasteiger partial charge >= 0.3 is 0 Å². The van der Waals surface area contributed by atoms with Gasteiger partial charge in [-0.1, -0.05) is 36.4 Å². The van der Waals surface area contributed by atoms with E-state index in [0.29, 0.717) is 12.0 Å². The Hall–Kier alpha value is -2.79. The topological polar surface area (TPSA) is 64.1 Å². The van der Waals surface area contributed by atoms with Crippen LogP contribution in [0.25, 0.3) is 0 Å². The first-order chi connectivity index (χ1) is 13.3. The molecule has 144 valence electrons. The van der Waals surface area contributed by atoms with Crippen molar-refractivity contribution >= 4 is 15.6 Å². The second kappa shape index (κ2) is 8.07. The van der Waals surface area contributed by atoms with E-state index in [1.165, 1.54) is 6.26 Å². The average molecular weight is 394 g/mol. The molecule has 1 aromatic heterocycles. The average Bonchev–Trinajstić information content (AvgIpc) is 2.66.